The molecule has 1 aromatic heterocycles. The molecule has 13 aromatic rings. The van der Waals surface area contributed by atoms with E-state index in [1.807, 2.05) is 176 Å². The van der Waals surface area contributed by atoms with E-state index in [-0.39, 0.29) is 0 Å². The van der Waals surface area contributed by atoms with Gasteiger partial charge in [0.05, 0.1) is 0 Å². The molecule has 398 valence electrons. The molecule has 0 N–H and O–H groups in total. The van der Waals surface area contributed by atoms with E-state index in [9.17, 15) is 0 Å². The molecule has 9 heteroatoms. The van der Waals surface area contributed by atoms with Crippen molar-refractivity contribution < 1.29 is 18.9 Å². The summed E-state index contributed by atoms with van der Waals surface area (Å²) in [6, 6.07) is 108. The summed E-state index contributed by atoms with van der Waals surface area (Å²) in [7, 11) is 0. The minimum Gasteiger partial charge on any atom is -0.457 e. The number of aromatic nitrogens is 3. The van der Waals surface area contributed by atoms with Crippen LogP contribution in [0.4, 0.5) is 34.1 Å². The summed E-state index contributed by atoms with van der Waals surface area (Å²) in [5.41, 5.74) is 10.6. The zero-order valence-electron chi connectivity index (χ0n) is 45.0. The highest BCUT2D eigenvalue weighted by Gasteiger charge is 2.21. The number of benzene rings is 12. The van der Waals surface area contributed by atoms with Crippen LogP contribution in [0.5, 0.6) is 46.0 Å². The predicted octanol–water partition coefficient (Wildman–Crippen LogP) is 20.4. The molecule has 0 atom stereocenters. The molecule has 9 nitrogen and oxygen atoms in total. The maximum absolute atomic E-state index is 6.22. The maximum Gasteiger partial charge on any atom is 0.168 e. The molecule has 0 saturated heterocycles. The Hall–Kier alpha value is -11.4. The van der Waals surface area contributed by atoms with Gasteiger partial charge >= 0.3 is 0 Å². The highest BCUT2D eigenvalue weighted by Crippen LogP contribution is 2.41. The van der Waals surface area contributed by atoms with Gasteiger partial charge in [-0.25, -0.2) is 0 Å². The van der Waals surface area contributed by atoms with E-state index >= 15 is 0 Å². The molecule has 0 amide bonds. The number of nitrogens with zero attached hydrogens (tertiary/aromatic N) is 5. The van der Waals surface area contributed by atoms with E-state index in [0.29, 0.717) is 11.6 Å². The highest BCUT2D eigenvalue weighted by molar-refractivity contribution is 5.81. The SMILES string of the molecule is c1ccc(Oc2ccc(N(c3ccc(Oc4ccccc4)cc3)c3ccc(-c4nnc(-c5ccc(-c6ccccc6)cc5)n4-c4ccc(N(c5ccc(Oc6ccccc6)cc5)c5ccc(Oc6ccccc6)cc5)cc4)cc3)cc2)cc1. The Labute approximate surface area is 482 Å². The molecule has 0 aliphatic rings. The van der Waals surface area contributed by atoms with Gasteiger partial charge in [0.15, 0.2) is 11.6 Å². The van der Waals surface area contributed by atoms with E-state index in [1.165, 1.54) is 0 Å². The monoisotopic (exact) mass is 1080 g/mol. The Morgan fingerprint density at radius 1 is 0.205 bits per heavy atom. The lowest BCUT2D eigenvalue weighted by atomic mass is 10.0. The topological polar surface area (TPSA) is 74.1 Å². The fourth-order valence-electron chi connectivity index (χ4n) is 9.90. The second-order valence-electron chi connectivity index (χ2n) is 19.5. The number of rotatable bonds is 18. The van der Waals surface area contributed by atoms with Crippen LogP contribution in [-0.2, 0) is 0 Å². The van der Waals surface area contributed by atoms with Crippen LogP contribution in [-0.4, -0.2) is 14.8 Å². The average Bonchev–Trinajstić information content (AvgIpc) is 4.27. The standard InChI is InChI=1S/C74H53N5O4/c1-6-16-54(17-7-1)55-26-28-56(29-27-55)73-75-76-74(57-30-32-58(33-31-57)77(60-38-46-69(47-39-60)80-65-18-8-2-9-19-65)61-40-48-70(49-41-61)81-66-20-10-3-11-21-66)79(73)64-36-34-59(35-37-64)78(62-42-50-71(51-43-62)82-67-22-12-4-13-23-67)63-44-52-72(53-45-63)83-68-24-14-5-15-25-68/h1-53H. The summed E-state index contributed by atoms with van der Waals surface area (Å²) in [5.74, 6) is 7.41. The Bertz CT molecular complexity index is 4000. The van der Waals surface area contributed by atoms with Crippen LogP contribution >= 0.6 is 0 Å². The first-order valence-electron chi connectivity index (χ1n) is 27.3. The van der Waals surface area contributed by atoms with E-state index in [1.54, 1.807) is 0 Å². The van der Waals surface area contributed by atoms with E-state index in [0.717, 1.165) is 108 Å². The summed E-state index contributed by atoms with van der Waals surface area (Å²) in [6.07, 6.45) is 0. The van der Waals surface area contributed by atoms with E-state index < -0.39 is 0 Å². The first-order valence-corrected chi connectivity index (χ1v) is 27.3. The van der Waals surface area contributed by atoms with Gasteiger partial charge in [-0.3, -0.25) is 4.57 Å². The molecule has 12 aromatic carbocycles. The van der Waals surface area contributed by atoms with Crippen LogP contribution in [0.3, 0.4) is 0 Å². The Morgan fingerprint density at radius 3 is 0.723 bits per heavy atom. The summed E-state index contributed by atoms with van der Waals surface area (Å²) in [6.45, 7) is 0. The third kappa shape index (κ3) is 11.8. The summed E-state index contributed by atoms with van der Waals surface area (Å²) in [5, 5.41) is 9.91. The van der Waals surface area contributed by atoms with Gasteiger partial charge in [-0.1, -0.05) is 127 Å². The molecular formula is C74H53N5O4. The molecule has 13 rings (SSSR count). The second kappa shape index (κ2) is 23.9. The van der Waals surface area contributed by atoms with Crippen LogP contribution < -0.4 is 28.7 Å². The zero-order chi connectivity index (χ0) is 55.6. The quantitative estimate of drug-likeness (QED) is 0.0841. The number of hydrogen-bond donors (Lipinski definition) is 0. The molecule has 0 spiro atoms. The minimum atomic E-state index is 0.683. The van der Waals surface area contributed by atoms with Gasteiger partial charge in [-0.05, 0) is 205 Å². The molecule has 0 bridgehead atoms. The minimum absolute atomic E-state index is 0.683. The Morgan fingerprint density at radius 2 is 0.422 bits per heavy atom. The van der Waals surface area contributed by atoms with Crippen molar-refractivity contribution in [3.63, 3.8) is 0 Å². The summed E-state index contributed by atoms with van der Waals surface area (Å²) < 4.78 is 27.0. The van der Waals surface area contributed by atoms with Gasteiger partial charge in [0.1, 0.15) is 46.0 Å². The lowest BCUT2D eigenvalue weighted by molar-refractivity contribution is 0.482. The third-order valence-corrected chi connectivity index (χ3v) is 14.0. The summed E-state index contributed by atoms with van der Waals surface area (Å²) >= 11 is 0. The maximum atomic E-state index is 6.22. The van der Waals surface area contributed by atoms with Crippen molar-refractivity contribution in [1.82, 2.24) is 14.8 Å². The summed E-state index contributed by atoms with van der Waals surface area (Å²) in [4.78, 5) is 4.43. The number of hydrogen-bond acceptors (Lipinski definition) is 8. The largest absolute Gasteiger partial charge is 0.457 e. The predicted molar refractivity (Wildman–Crippen MR) is 333 cm³/mol. The molecule has 1 heterocycles. The van der Waals surface area contributed by atoms with Crippen molar-refractivity contribution in [3.05, 3.63) is 322 Å². The van der Waals surface area contributed by atoms with Gasteiger partial charge in [0, 0.05) is 50.9 Å². The van der Waals surface area contributed by atoms with Crippen LogP contribution in [0.2, 0.25) is 0 Å². The highest BCUT2D eigenvalue weighted by atomic mass is 16.5. The molecule has 0 fully saturated rings. The van der Waals surface area contributed by atoms with Crippen LogP contribution in [0.1, 0.15) is 0 Å². The average molecular weight is 1080 g/mol. The Balaban J connectivity index is 0.863. The lowest BCUT2D eigenvalue weighted by Gasteiger charge is -2.26. The van der Waals surface area contributed by atoms with Gasteiger partial charge in [-0.2, -0.15) is 0 Å². The number of para-hydroxylation sites is 4. The molecule has 0 saturated carbocycles. The molecule has 0 radical (unpaired) electrons. The fourth-order valence-corrected chi connectivity index (χ4v) is 9.90. The van der Waals surface area contributed by atoms with Gasteiger partial charge in [-0.15, -0.1) is 10.2 Å². The smallest absolute Gasteiger partial charge is 0.168 e. The van der Waals surface area contributed by atoms with E-state index in [2.05, 4.69) is 160 Å². The van der Waals surface area contributed by atoms with Gasteiger partial charge in [0.25, 0.3) is 0 Å². The molecule has 0 unspecified atom stereocenters. The third-order valence-electron chi connectivity index (χ3n) is 14.0. The normalized spacial score (nSPS) is 10.9. The van der Waals surface area contributed by atoms with E-state index in [4.69, 9.17) is 29.1 Å². The number of anilines is 6. The molecular weight excluding hydrogens is 1020 g/mol. The zero-order valence-corrected chi connectivity index (χ0v) is 45.0. The lowest BCUT2D eigenvalue weighted by Crippen LogP contribution is -2.10. The van der Waals surface area contributed by atoms with Crippen molar-refractivity contribution >= 4 is 34.1 Å². The molecule has 0 aliphatic carbocycles. The Kier molecular flexibility index (Phi) is 14.7. The van der Waals surface area contributed by atoms with Gasteiger partial charge in [0.2, 0.25) is 0 Å². The van der Waals surface area contributed by atoms with Crippen LogP contribution in [0.15, 0.2) is 322 Å². The van der Waals surface area contributed by atoms with Crippen molar-refractivity contribution in [2.24, 2.45) is 0 Å². The molecule has 83 heavy (non-hydrogen) atoms. The van der Waals surface area contributed by atoms with Crippen LogP contribution in [0, 0.1) is 0 Å². The number of ether oxygens (including phenoxy) is 4. The molecule has 0 aliphatic heterocycles. The van der Waals surface area contributed by atoms with Crippen LogP contribution in [0.25, 0.3) is 39.6 Å². The first-order chi connectivity index (χ1) is 41.1. The van der Waals surface area contributed by atoms with Gasteiger partial charge < -0.3 is 28.7 Å². The van der Waals surface area contributed by atoms with Crippen molar-refractivity contribution in [1.29, 1.82) is 0 Å². The van der Waals surface area contributed by atoms with Crippen molar-refractivity contribution in [3.8, 4) is 85.6 Å². The first kappa shape index (κ1) is 51.0. The fraction of sp³-hybridized carbons (Fsp3) is 0. The van der Waals surface area contributed by atoms with Crippen molar-refractivity contribution in [2.75, 3.05) is 9.80 Å². The second-order valence-corrected chi connectivity index (χ2v) is 19.5. The van der Waals surface area contributed by atoms with Crippen molar-refractivity contribution in [2.45, 2.75) is 0 Å².